The number of amides is 2. The predicted octanol–water partition coefficient (Wildman–Crippen LogP) is 2.92. The monoisotopic (exact) mass is 492 g/mol. The third-order valence-electron chi connectivity index (χ3n) is 6.08. The second kappa shape index (κ2) is 9.23. The minimum atomic E-state index is -4.42. The van der Waals surface area contributed by atoms with Crippen LogP contribution in [0.15, 0.2) is 24.3 Å². The fraction of sp³-hybridized carbons (Fsp3) is 0.478. The van der Waals surface area contributed by atoms with Gasteiger partial charge in [0.2, 0.25) is 11.9 Å². The lowest BCUT2D eigenvalue weighted by Gasteiger charge is -2.40. The van der Waals surface area contributed by atoms with Crippen LogP contribution < -0.4 is 20.3 Å². The van der Waals surface area contributed by atoms with E-state index in [2.05, 4.69) is 20.6 Å². The van der Waals surface area contributed by atoms with Crippen LogP contribution in [0.3, 0.4) is 0 Å². The van der Waals surface area contributed by atoms with Crippen LogP contribution >= 0.6 is 0 Å². The normalized spacial score (nSPS) is 18.2. The molecule has 35 heavy (non-hydrogen) atoms. The largest absolute Gasteiger partial charge is 0.484 e. The third-order valence-corrected chi connectivity index (χ3v) is 6.08. The minimum absolute atomic E-state index is 0.0631. The van der Waals surface area contributed by atoms with Crippen molar-refractivity contribution in [2.75, 3.05) is 42.3 Å². The zero-order chi connectivity index (χ0) is 25.5. The molecular formula is C23H27F3N6O3. The molecule has 0 aliphatic carbocycles. The Labute approximate surface area is 200 Å². The number of ether oxygens (including phenoxy) is 1. The zero-order valence-electron chi connectivity index (χ0n) is 19.8. The fourth-order valence-corrected chi connectivity index (χ4v) is 4.21. The number of nitrogens with zero attached hydrogens (tertiary/aromatic N) is 4. The maximum Gasteiger partial charge on any atom is 0.416 e. The highest BCUT2D eigenvalue weighted by atomic mass is 19.4. The highest BCUT2D eigenvalue weighted by Gasteiger charge is 2.36. The predicted molar refractivity (Wildman–Crippen MR) is 123 cm³/mol. The van der Waals surface area contributed by atoms with E-state index in [9.17, 15) is 22.8 Å². The van der Waals surface area contributed by atoms with Gasteiger partial charge in [0.25, 0.3) is 5.91 Å². The Hall–Kier alpha value is -3.57. The Kier molecular flexibility index (Phi) is 6.48. The summed E-state index contributed by atoms with van der Waals surface area (Å²) < 4.78 is 43.2. The van der Waals surface area contributed by atoms with E-state index in [0.717, 1.165) is 12.1 Å². The molecule has 0 saturated carbocycles. The molecular weight excluding hydrogens is 465 g/mol. The Morgan fingerprint density at radius 2 is 1.89 bits per heavy atom. The molecule has 188 valence electrons. The highest BCUT2D eigenvalue weighted by molar-refractivity contribution is 6.03. The molecule has 0 bridgehead atoms. The molecule has 2 aliphatic rings. The molecule has 9 nitrogen and oxygen atoms in total. The number of benzene rings is 1. The van der Waals surface area contributed by atoms with Crippen LogP contribution in [-0.2, 0) is 15.8 Å². The molecule has 4 rings (SSSR count). The second-order valence-electron chi connectivity index (χ2n) is 9.07. The number of aryl methyl sites for hydroxylation is 1. The van der Waals surface area contributed by atoms with E-state index in [1.54, 1.807) is 11.8 Å². The molecule has 0 spiro atoms. The average Bonchev–Trinajstić information content (AvgIpc) is 2.74. The Bertz CT molecular complexity index is 1120. The first-order valence-electron chi connectivity index (χ1n) is 11.2. The maximum atomic E-state index is 12.6. The van der Waals surface area contributed by atoms with Crippen molar-refractivity contribution in [3.8, 4) is 5.75 Å². The van der Waals surface area contributed by atoms with Gasteiger partial charge in [-0.1, -0.05) is 13.8 Å². The number of likely N-dealkylation sites (tertiary alicyclic amines) is 1. The summed E-state index contributed by atoms with van der Waals surface area (Å²) in [5, 5.41) is 6.12. The first kappa shape index (κ1) is 24.6. The SMILES string of the molecule is Cc1nc(NC2CN(C(=O)COc3ccc(C(F)(F)F)cc3)C2)nc2c1NC(=O)[C@H](C(C)C)N2C. The van der Waals surface area contributed by atoms with Crippen LogP contribution in [0.5, 0.6) is 5.75 Å². The van der Waals surface area contributed by atoms with Crippen LogP contribution in [0.25, 0.3) is 0 Å². The average molecular weight is 493 g/mol. The number of nitrogens with one attached hydrogen (secondary N) is 2. The highest BCUT2D eigenvalue weighted by Crippen LogP contribution is 2.34. The number of rotatable bonds is 6. The molecule has 2 N–H and O–H groups in total. The molecule has 1 atom stereocenters. The van der Waals surface area contributed by atoms with Crippen LogP contribution in [0.1, 0.15) is 25.1 Å². The summed E-state index contributed by atoms with van der Waals surface area (Å²) in [6, 6.07) is 3.80. The number of anilines is 3. The number of carbonyl (C=O) groups excluding carboxylic acids is 2. The molecule has 0 radical (unpaired) electrons. The lowest BCUT2D eigenvalue weighted by atomic mass is 9.99. The van der Waals surface area contributed by atoms with Crippen molar-refractivity contribution in [3.05, 3.63) is 35.5 Å². The van der Waals surface area contributed by atoms with Crippen molar-refractivity contribution in [1.29, 1.82) is 0 Å². The van der Waals surface area contributed by atoms with Gasteiger partial charge in [0.15, 0.2) is 12.4 Å². The van der Waals surface area contributed by atoms with Gasteiger partial charge in [-0.3, -0.25) is 9.59 Å². The van der Waals surface area contributed by atoms with Gasteiger partial charge in [-0.2, -0.15) is 18.2 Å². The van der Waals surface area contributed by atoms with Gasteiger partial charge in [-0.15, -0.1) is 0 Å². The van der Waals surface area contributed by atoms with Crippen molar-refractivity contribution < 1.29 is 27.5 Å². The number of halogens is 3. The number of likely N-dealkylation sites (N-methyl/N-ethyl adjacent to an activating group) is 1. The summed E-state index contributed by atoms with van der Waals surface area (Å²) in [5.41, 5.74) is 0.448. The van der Waals surface area contributed by atoms with E-state index in [-0.39, 0.29) is 42.2 Å². The Morgan fingerprint density at radius 1 is 1.23 bits per heavy atom. The molecule has 2 amide bonds. The molecule has 1 saturated heterocycles. The van der Waals surface area contributed by atoms with E-state index >= 15 is 0 Å². The molecule has 1 fully saturated rings. The van der Waals surface area contributed by atoms with Crippen molar-refractivity contribution in [2.45, 2.75) is 39.0 Å². The topological polar surface area (TPSA) is 99.7 Å². The molecule has 2 aromatic rings. The quantitative estimate of drug-likeness (QED) is 0.640. The number of hydrogen-bond acceptors (Lipinski definition) is 7. The summed E-state index contributed by atoms with van der Waals surface area (Å²) in [6.45, 7) is 6.30. The van der Waals surface area contributed by atoms with Crippen LogP contribution in [0.2, 0.25) is 0 Å². The first-order valence-corrected chi connectivity index (χ1v) is 11.2. The van der Waals surface area contributed by atoms with Gasteiger partial charge in [0.05, 0.1) is 17.3 Å². The Morgan fingerprint density at radius 3 is 2.49 bits per heavy atom. The molecule has 2 aliphatic heterocycles. The lowest BCUT2D eigenvalue weighted by Crippen LogP contribution is -2.58. The van der Waals surface area contributed by atoms with E-state index in [1.165, 1.54) is 12.1 Å². The number of hydrogen-bond donors (Lipinski definition) is 2. The van der Waals surface area contributed by atoms with Crippen molar-refractivity contribution in [1.82, 2.24) is 14.9 Å². The summed E-state index contributed by atoms with van der Waals surface area (Å²) in [7, 11) is 1.83. The Balaban J connectivity index is 1.31. The molecule has 3 heterocycles. The number of alkyl halides is 3. The van der Waals surface area contributed by atoms with Crippen LogP contribution in [0, 0.1) is 12.8 Å². The van der Waals surface area contributed by atoms with Crippen LogP contribution in [0.4, 0.5) is 30.6 Å². The summed E-state index contributed by atoms with van der Waals surface area (Å²) in [4.78, 5) is 37.3. The summed E-state index contributed by atoms with van der Waals surface area (Å²) >= 11 is 0. The summed E-state index contributed by atoms with van der Waals surface area (Å²) in [5.74, 6) is 0.966. The maximum absolute atomic E-state index is 12.6. The molecule has 0 unspecified atom stereocenters. The van der Waals surface area contributed by atoms with Crippen molar-refractivity contribution in [3.63, 3.8) is 0 Å². The fourth-order valence-electron chi connectivity index (χ4n) is 4.21. The standard InChI is InChI=1S/C23H27F3N6O3/c1-12(2)19-21(34)29-18-13(3)27-22(30-20(18)31(19)4)28-15-9-32(10-15)17(33)11-35-16-7-5-14(6-8-16)23(24,25)26/h5-8,12,15,19H,9-11H2,1-4H3,(H,29,34)(H,27,28,30)/t19-/m0/s1. The number of fused-ring (bicyclic) bond motifs is 1. The van der Waals surface area contributed by atoms with Crippen molar-refractivity contribution >= 4 is 29.3 Å². The first-order chi connectivity index (χ1) is 16.4. The van der Waals surface area contributed by atoms with Gasteiger partial charge < -0.3 is 25.2 Å². The molecule has 12 heteroatoms. The van der Waals surface area contributed by atoms with Gasteiger partial charge in [-0.05, 0) is 37.1 Å². The number of carbonyl (C=O) groups is 2. The second-order valence-corrected chi connectivity index (χ2v) is 9.07. The summed E-state index contributed by atoms with van der Waals surface area (Å²) in [6.07, 6.45) is -4.42. The van der Waals surface area contributed by atoms with E-state index in [0.29, 0.717) is 36.2 Å². The van der Waals surface area contributed by atoms with Gasteiger partial charge in [0, 0.05) is 20.1 Å². The zero-order valence-corrected chi connectivity index (χ0v) is 19.8. The molecule has 1 aromatic heterocycles. The van der Waals surface area contributed by atoms with Crippen LogP contribution in [-0.4, -0.2) is 65.5 Å². The van der Waals surface area contributed by atoms with E-state index < -0.39 is 11.7 Å². The smallest absolute Gasteiger partial charge is 0.416 e. The minimum Gasteiger partial charge on any atom is -0.484 e. The third kappa shape index (κ3) is 5.10. The van der Waals surface area contributed by atoms with Crippen molar-refractivity contribution in [2.24, 2.45) is 5.92 Å². The van der Waals surface area contributed by atoms with Gasteiger partial charge in [0.1, 0.15) is 17.5 Å². The van der Waals surface area contributed by atoms with E-state index in [1.807, 2.05) is 25.8 Å². The van der Waals surface area contributed by atoms with Gasteiger partial charge in [-0.25, -0.2) is 4.98 Å². The lowest BCUT2D eigenvalue weighted by molar-refractivity contribution is -0.138. The van der Waals surface area contributed by atoms with Gasteiger partial charge >= 0.3 is 6.18 Å². The van der Waals surface area contributed by atoms with E-state index in [4.69, 9.17) is 4.74 Å². The molecule has 1 aromatic carbocycles. The number of aromatic nitrogens is 2.